The molecule has 0 aliphatic heterocycles. The first-order valence-corrected chi connectivity index (χ1v) is 9.56. The van der Waals surface area contributed by atoms with Crippen molar-refractivity contribution in [2.75, 3.05) is 0 Å². The molecule has 0 bridgehead atoms. The Morgan fingerprint density at radius 3 is 2.32 bits per heavy atom. The van der Waals surface area contributed by atoms with Crippen molar-refractivity contribution in [3.8, 4) is 11.8 Å². The second-order valence-electron chi connectivity index (χ2n) is 6.02. The number of hydrogen-bond donors (Lipinski definition) is 1. The third-order valence-corrected chi connectivity index (χ3v) is 4.91. The normalized spacial score (nSPS) is 10.9. The number of rotatable bonds is 6. The van der Waals surface area contributed by atoms with Crippen molar-refractivity contribution >= 4 is 40.2 Å². The summed E-state index contributed by atoms with van der Waals surface area (Å²) in [6.45, 7) is 0.491. The molecule has 5 heteroatoms. The summed E-state index contributed by atoms with van der Waals surface area (Å²) in [5.41, 5.74) is 3.29. The maximum absolute atomic E-state index is 11.0. The van der Waals surface area contributed by atoms with Crippen LogP contribution in [0.3, 0.4) is 0 Å². The van der Waals surface area contributed by atoms with Crippen molar-refractivity contribution in [1.29, 1.82) is 5.26 Å². The lowest BCUT2D eigenvalue weighted by Gasteiger charge is -2.09. The number of nitriles is 1. The molecule has 3 rings (SSSR count). The molecule has 0 amide bonds. The van der Waals surface area contributed by atoms with Crippen molar-refractivity contribution in [3.05, 3.63) is 98.6 Å². The first-order chi connectivity index (χ1) is 13.6. The molecule has 3 aromatic carbocycles. The van der Waals surface area contributed by atoms with Crippen LogP contribution in [0.25, 0.3) is 11.6 Å². The Bertz CT molecular complexity index is 1050. The van der Waals surface area contributed by atoms with E-state index in [1.165, 1.54) is 12.1 Å². The van der Waals surface area contributed by atoms with Gasteiger partial charge in [-0.05, 0) is 69.6 Å². The van der Waals surface area contributed by atoms with E-state index in [9.17, 15) is 10.1 Å². The molecule has 4 nitrogen and oxygen atoms in total. The molecule has 28 heavy (non-hydrogen) atoms. The molecule has 1 N–H and O–H groups in total. The zero-order valence-electron chi connectivity index (χ0n) is 14.8. The van der Waals surface area contributed by atoms with E-state index in [2.05, 4.69) is 28.7 Å². The summed E-state index contributed by atoms with van der Waals surface area (Å²) >= 11 is 2.21. The number of carbonyl (C=O) groups is 1. The lowest BCUT2D eigenvalue weighted by molar-refractivity contribution is 0.0697. The molecule has 0 atom stereocenters. The van der Waals surface area contributed by atoms with E-state index in [0.29, 0.717) is 17.7 Å². The van der Waals surface area contributed by atoms with E-state index in [1.807, 2.05) is 48.5 Å². The third-order valence-electron chi connectivity index (χ3n) is 4.07. The van der Waals surface area contributed by atoms with E-state index >= 15 is 0 Å². The van der Waals surface area contributed by atoms with E-state index in [4.69, 9.17) is 9.84 Å². The fraction of sp³-hybridized carbons (Fsp3) is 0.0435. The van der Waals surface area contributed by atoms with Gasteiger partial charge in [-0.2, -0.15) is 5.26 Å². The zero-order chi connectivity index (χ0) is 19.9. The summed E-state index contributed by atoms with van der Waals surface area (Å²) < 4.78 is 6.83. The van der Waals surface area contributed by atoms with Crippen LogP contribution in [-0.4, -0.2) is 11.1 Å². The number of benzene rings is 3. The average molecular weight is 481 g/mol. The van der Waals surface area contributed by atoms with Crippen molar-refractivity contribution in [2.24, 2.45) is 0 Å². The number of carboxylic acid groups (broad SMARTS) is 1. The van der Waals surface area contributed by atoms with E-state index in [1.54, 1.807) is 18.2 Å². The van der Waals surface area contributed by atoms with Gasteiger partial charge in [0.15, 0.2) is 0 Å². The molecule has 0 aliphatic carbocycles. The maximum atomic E-state index is 11.0. The third kappa shape index (κ3) is 4.99. The summed E-state index contributed by atoms with van der Waals surface area (Å²) in [7, 11) is 0. The van der Waals surface area contributed by atoms with Crippen LogP contribution in [-0.2, 0) is 6.61 Å². The molecular formula is C23H16INO3. The summed E-state index contributed by atoms with van der Waals surface area (Å²) in [5, 5.41) is 18.5. The van der Waals surface area contributed by atoms with Gasteiger partial charge in [-0.25, -0.2) is 4.79 Å². The number of allylic oxidation sites excluding steroid dienone is 1. The number of carboxylic acids is 1. The minimum absolute atomic E-state index is 0.190. The van der Waals surface area contributed by atoms with Crippen LogP contribution in [0.15, 0.2) is 72.8 Å². The molecular weight excluding hydrogens is 465 g/mol. The van der Waals surface area contributed by atoms with Crippen LogP contribution in [0.2, 0.25) is 0 Å². The molecule has 0 saturated heterocycles. The van der Waals surface area contributed by atoms with Crippen LogP contribution in [0.1, 0.15) is 27.0 Å². The van der Waals surface area contributed by atoms with Crippen molar-refractivity contribution < 1.29 is 14.6 Å². The van der Waals surface area contributed by atoms with E-state index < -0.39 is 5.97 Å². The number of halogens is 1. The van der Waals surface area contributed by atoms with Crippen LogP contribution < -0.4 is 4.74 Å². The maximum Gasteiger partial charge on any atom is 0.335 e. The largest absolute Gasteiger partial charge is 0.488 e. The second-order valence-corrected chi connectivity index (χ2v) is 7.18. The Morgan fingerprint density at radius 1 is 1.04 bits per heavy atom. The molecule has 0 heterocycles. The smallest absolute Gasteiger partial charge is 0.335 e. The van der Waals surface area contributed by atoms with Gasteiger partial charge in [-0.3, -0.25) is 0 Å². The monoisotopic (exact) mass is 481 g/mol. The van der Waals surface area contributed by atoms with Gasteiger partial charge < -0.3 is 9.84 Å². The lowest BCUT2D eigenvalue weighted by Crippen LogP contribution is -1.97. The number of ether oxygens (including phenoxy) is 1. The number of nitrogens with zero attached hydrogens (tertiary/aromatic N) is 1. The van der Waals surface area contributed by atoms with Gasteiger partial charge in [0.25, 0.3) is 0 Å². The topological polar surface area (TPSA) is 70.3 Å². The standard InChI is InChI=1S/C23H16INO3/c24-21-13-17(6-11-22(21)28-15-16-4-2-1-3-5-16)12-20(14-25)18-7-9-19(10-8-18)23(26)27/h1-13H,15H2,(H,26,27)/b20-12-. The van der Waals surface area contributed by atoms with Crippen LogP contribution >= 0.6 is 22.6 Å². The highest BCUT2D eigenvalue weighted by Gasteiger charge is 2.07. The zero-order valence-corrected chi connectivity index (χ0v) is 17.0. The predicted molar refractivity (Wildman–Crippen MR) is 117 cm³/mol. The predicted octanol–water partition coefficient (Wildman–Crippen LogP) is 5.63. The number of hydrogen-bond acceptors (Lipinski definition) is 3. The van der Waals surface area contributed by atoms with Crippen molar-refractivity contribution in [3.63, 3.8) is 0 Å². The molecule has 0 aromatic heterocycles. The molecule has 0 saturated carbocycles. The van der Waals surface area contributed by atoms with Gasteiger partial charge in [-0.1, -0.05) is 48.5 Å². The first-order valence-electron chi connectivity index (χ1n) is 8.48. The fourth-order valence-corrected chi connectivity index (χ4v) is 3.29. The molecule has 0 unspecified atom stereocenters. The van der Waals surface area contributed by atoms with Crippen molar-refractivity contribution in [1.82, 2.24) is 0 Å². The van der Waals surface area contributed by atoms with Crippen LogP contribution in [0, 0.1) is 14.9 Å². The summed E-state index contributed by atoms with van der Waals surface area (Å²) in [4.78, 5) is 11.0. The van der Waals surface area contributed by atoms with E-state index in [0.717, 1.165) is 20.4 Å². The molecule has 0 aliphatic rings. The Kier molecular flexibility index (Phi) is 6.45. The fourth-order valence-electron chi connectivity index (χ4n) is 2.60. The second kappa shape index (κ2) is 9.20. The Balaban J connectivity index is 1.78. The van der Waals surface area contributed by atoms with Crippen LogP contribution in [0.4, 0.5) is 0 Å². The average Bonchev–Trinajstić information content (AvgIpc) is 2.72. The first kappa shape index (κ1) is 19.6. The summed E-state index contributed by atoms with van der Waals surface area (Å²) in [6, 6.07) is 24.1. The van der Waals surface area contributed by atoms with Gasteiger partial charge >= 0.3 is 5.97 Å². The van der Waals surface area contributed by atoms with Gasteiger partial charge in [0.2, 0.25) is 0 Å². The Labute approximate surface area is 176 Å². The van der Waals surface area contributed by atoms with Crippen molar-refractivity contribution in [2.45, 2.75) is 6.61 Å². The highest BCUT2D eigenvalue weighted by atomic mass is 127. The Morgan fingerprint density at radius 2 is 1.71 bits per heavy atom. The van der Waals surface area contributed by atoms with E-state index in [-0.39, 0.29) is 5.56 Å². The molecule has 0 spiro atoms. The lowest BCUT2D eigenvalue weighted by atomic mass is 10.0. The van der Waals surface area contributed by atoms with Gasteiger partial charge in [0, 0.05) is 0 Å². The van der Waals surface area contributed by atoms with Crippen LogP contribution in [0.5, 0.6) is 5.75 Å². The van der Waals surface area contributed by atoms with Gasteiger partial charge in [-0.15, -0.1) is 0 Å². The SMILES string of the molecule is N#C/C(=C/c1ccc(OCc2ccccc2)c(I)c1)c1ccc(C(=O)O)cc1. The molecule has 0 radical (unpaired) electrons. The molecule has 0 fully saturated rings. The minimum Gasteiger partial charge on any atom is -0.488 e. The highest BCUT2D eigenvalue weighted by Crippen LogP contribution is 2.26. The Hall–Kier alpha value is -3.11. The minimum atomic E-state index is -0.991. The summed E-state index contributed by atoms with van der Waals surface area (Å²) in [6.07, 6.45) is 1.78. The van der Waals surface area contributed by atoms with Gasteiger partial charge in [0.1, 0.15) is 12.4 Å². The highest BCUT2D eigenvalue weighted by molar-refractivity contribution is 14.1. The molecule has 3 aromatic rings. The number of aromatic carboxylic acids is 1. The quantitative estimate of drug-likeness (QED) is 0.282. The summed E-state index contributed by atoms with van der Waals surface area (Å²) in [5.74, 6) is -0.208. The van der Waals surface area contributed by atoms with Gasteiger partial charge in [0.05, 0.1) is 20.8 Å². The molecule has 138 valence electrons.